The molecule has 0 bridgehead atoms. The maximum Gasteiger partial charge on any atom is 0.129 e. The van der Waals surface area contributed by atoms with Gasteiger partial charge in [0.05, 0.1) is 12.2 Å². The largest absolute Gasteiger partial charge is 0.399 e. The average Bonchev–Trinajstić information content (AvgIpc) is 3.00. The van der Waals surface area contributed by atoms with Crippen LogP contribution in [0.1, 0.15) is 24.4 Å². The zero-order chi connectivity index (χ0) is 11.7. The molecule has 88 valence electrons. The van der Waals surface area contributed by atoms with Crippen molar-refractivity contribution in [3.8, 4) is 0 Å². The fourth-order valence-corrected chi connectivity index (χ4v) is 2.47. The number of hydrogen-bond acceptors (Lipinski definition) is 4. The number of aromatic nitrogens is 1. The summed E-state index contributed by atoms with van der Waals surface area (Å²) in [5.41, 5.74) is 8.87. The lowest BCUT2D eigenvalue weighted by molar-refractivity contribution is 0.418. The Morgan fingerprint density at radius 3 is 2.82 bits per heavy atom. The maximum atomic E-state index is 5.71. The zero-order valence-corrected chi connectivity index (χ0v) is 9.54. The first-order valence-electron chi connectivity index (χ1n) is 5.86. The third kappa shape index (κ3) is 1.86. The Morgan fingerprint density at radius 2 is 2.12 bits per heavy atom. The minimum atomic E-state index is 0.380. The van der Waals surface area contributed by atoms with Crippen molar-refractivity contribution in [2.45, 2.75) is 18.9 Å². The van der Waals surface area contributed by atoms with Gasteiger partial charge in [-0.25, -0.2) is 0 Å². The van der Waals surface area contributed by atoms with Crippen molar-refractivity contribution in [2.75, 3.05) is 17.2 Å². The van der Waals surface area contributed by atoms with Crippen LogP contribution in [0.15, 0.2) is 41.2 Å². The summed E-state index contributed by atoms with van der Waals surface area (Å²) < 4.78 is 4.93. The molecular formula is C13H15N3O. The van der Waals surface area contributed by atoms with E-state index in [0.29, 0.717) is 6.04 Å². The molecule has 4 heteroatoms. The minimum absolute atomic E-state index is 0.380. The predicted octanol–water partition coefficient (Wildman–Crippen LogP) is 2.60. The molecular weight excluding hydrogens is 214 g/mol. The summed E-state index contributed by atoms with van der Waals surface area (Å²) in [6.45, 7) is 1.07. The van der Waals surface area contributed by atoms with E-state index in [9.17, 15) is 0 Å². The van der Waals surface area contributed by atoms with Crippen LogP contribution < -0.4 is 10.6 Å². The lowest BCUT2D eigenvalue weighted by Gasteiger charge is -2.25. The molecule has 1 saturated heterocycles. The standard InChI is InChI=1S/C13H15N3O/c14-11-3-5-12(6-4-11)16-7-1-2-13(16)10-8-15-17-9-10/h3-6,8-9,13H,1-2,7,14H2. The van der Waals surface area contributed by atoms with E-state index in [4.69, 9.17) is 10.3 Å². The van der Waals surface area contributed by atoms with Crippen molar-refractivity contribution < 1.29 is 4.52 Å². The monoisotopic (exact) mass is 229 g/mol. The van der Waals surface area contributed by atoms with Crippen LogP contribution in [0.3, 0.4) is 0 Å². The number of nitrogen functional groups attached to an aromatic ring is 1. The highest BCUT2D eigenvalue weighted by Crippen LogP contribution is 2.35. The van der Waals surface area contributed by atoms with Crippen LogP contribution in [0.2, 0.25) is 0 Å². The molecule has 2 N–H and O–H groups in total. The second kappa shape index (κ2) is 4.13. The van der Waals surface area contributed by atoms with Gasteiger partial charge in [0.25, 0.3) is 0 Å². The summed E-state index contributed by atoms with van der Waals surface area (Å²) in [6.07, 6.45) is 5.88. The molecule has 3 rings (SSSR count). The van der Waals surface area contributed by atoms with Crippen molar-refractivity contribution in [3.05, 3.63) is 42.3 Å². The lowest BCUT2D eigenvalue weighted by Crippen LogP contribution is -2.22. The average molecular weight is 229 g/mol. The quantitative estimate of drug-likeness (QED) is 0.804. The molecule has 0 radical (unpaired) electrons. The minimum Gasteiger partial charge on any atom is -0.399 e. The van der Waals surface area contributed by atoms with Gasteiger partial charge in [-0.2, -0.15) is 0 Å². The molecule has 2 heterocycles. The molecule has 4 nitrogen and oxygen atoms in total. The van der Waals surface area contributed by atoms with Crippen LogP contribution in [-0.4, -0.2) is 11.7 Å². The van der Waals surface area contributed by atoms with Crippen LogP contribution in [0, 0.1) is 0 Å². The highest BCUT2D eigenvalue weighted by atomic mass is 16.5. The SMILES string of the molecule is Nc1ccc(N2CCCC2c2cnoc2)cc1. The molecule has 1 aromatic heterocycles. The normalized spacial score (nSPS) is 19.8. The van der Waals surface area contributed by atoms with Gasteiger partial charge in [0.15, 0.2) is 0 Å². The van der Waals surface area contributed by atoms with Gasteiger partial charge >= 0.3 is 0 Å². The summed E-state index contributed by atoms with van der Waals surface area (Å²) in [5, 5.41) is 3.79. The fraction of sp³-hybridized carbons (Fsp3) is 0.308. The second-order valence-electron chi connectivity index (χ2n) is 4.40. The topological polar surface area (TPSA) is 55.3 Å². The number of nitrogens with two attached hydrogens (primary N) is 1. The molecule has 0 amide bonds. The van der Waals surface area contributed by atoms with E-state index in [0.717, 1.165) is 24.2 Å². The summed E-state index contributed by atoms with van der Waals surface area (Å²) >= 11 is 0. The van der Waals surface area contributed by atoms with Gasteiger partial charge in [-0.1, -0.05) is 5.16 Å². The van der Waals surface area contributed by atoms with Crippen molar-refractivity contribution in [1.82, 2.24) is 5.16 Å². The summed E-state index contributed by atoms with van der Waals surface area (Å²) in [6, 6.07) is 8.41. The van der Waals surface area contributed by atoms with E-state index in [1.807, 2.05) is 12.1 Å². The van der Waals surface area contributed by atoms with Gasteiger partial charge in [-0.3, -0.25) is 0 Å². The van der Waals surface area contributed by atoms with E-state index in [2.05, 4.69) is 22.2 Å². The molecule has 1 aliphatic rings. The number of hydrogen-bond donors (Lipinski definition) is 1. The molecule has 1 atom stereocenters. The van der Waals surface area contributed by atoms with Gasteiger partial charge in [0.2, 0.25) is 0 Å². The first-order valence-corrected chi connectivity index (χ1v) is 5.86. The van der Waals surface area contributed by atoms with E-state index >= 15 is 0 Å². The number of anilines is 2. The third-order valence-corrected chi connectivity index (χ3v) is 3.31. The Hall–Kier alpha value is -1.97. The smallest absolute Gasteiger partial charge is 0.129 e. The third-order valence-electron chi connectivity index (χ3n) is 3.31. The van der Waals surface area contributed by atoms with Crippen LogP contribution in [0.4, 0.5) is 11.4 Å². The van der Waals surface area contributed by atoms with E-state index < -0.39 is 0 Å². The number of rotatable bonds is 2. The van der Waals surface area contributed by atoms with Crippen LogP contribution in [0.25, 0.3) is 0 Å². The van der Waals surface area contributed by atoms with E-state index in [1.54, 1.807) is 12.5 Å². The highest BCUT2D eigenvalue weighted by Gasteiger charge is 2.27. The lowest BCUT2D eigenvalue weighted by atomic mass is 10.1. The van der Waals surface area contributed by atoms with Crippen molar-refractivity contribution in [2.24, 2.45) is 0 Å². The Labute approximate surface area is 100 Å². The van der Waals surface area contributed by atoms with Crippen molar-refractivity contribution in [1.29, 1.82) is 0 Å². The molecule has 2 aromatic rings. The summed E-state index contributed by atoms with van der Waals surface area (Å²) in [4.78, 5) is 2.38. The Bertz CT molecular complexity index is 478. The number of nitrogens with zero attached hydrogens (tertiary/aromatic N) is 2. The first kappa shape index (κ1) is 10.2. The Morgan fingerprint density at radius 1 is 1.29 bits per heavy atom. The van der Waals surface area contributed by atoms with Crippen LogP contribution >= 0.6 is 0 Å². The van der Waals surface area contributed by atoms with Crippen LogP contribution in [-0.2, 0) is 0 Å². The summed E-state index contributed by atoms with van der Waals surface area (Å²) in [7, 11) is 0. The molecule has 1 fully saturated rings. The Kier molecular flexibility index (Phi) is 2.48. The van der Waals surface area contributed by atoms with E-state index in [1.165, 1.54) is 12.1 Å². The van der Waals surface area contributed by atoms with Gasteiger partial charge in [-0.05, 0) is 37.1 Å². The highest BCUT2D eigenvalue weighted by molar-refractivity contribution is 5.55. The Balaban J connectivity index is 1.89. The van der Waals surface area contributed by atoms with Crippen molar-refractivity contribution >= 4 is 11.4 Å². The molecule has 0 aliphatic carbocycles. The van der Waals surface area contributed by atoms with E-state index in [-0.39, 0.29) is 0 Å². The molecule has 1 aliphatic heterocycles. The van der Waals surface area contributed by atoms with Gasteiger partial charge < -0.3 is 15.2 Å². The summed E-state index contributed by atoms with van der Waals surface area (Å²) in [5.74, 6) is 0. The van der Waals surface area contributed by atoms with Crippen molar-refractivity contribution in [3.63, 3.8) is 0 Å². The molecule has 0 saturated carbocycles. The molecule has 1 unspecified atom stereocenters. The van der Waals surface area contributed by atoms with Gasteiger partial charge in [0, 0.05) is 23.5 Å². The molecule has 1 aromatic carbocycles. The molecule has 0 spiro atoms. The second-order valence-corrected chi connectivity index (χ2v) is 4.40. The van der Waals surface area contributed by atoms with Crippen LogP contribution in [0.5, 0.6) is 0 Å². The van der Waals surface area contributed by atoms with Gasteiger partial charge in [0.1, 0.15) is 6.26 Å². The number of benzene rings is 1. The fourth-order valence-electron chi connectivity index (χ4n) is 2.47. The molecule has 17 heavy (non-hydrogen) atoms. The van der Waals surface area contributed by atoms with Gasteiger partial charge in [-0.15, -0.1) is 0 Å². The maximum absolute atomic E-state index is 5.71. The zero-order valence-electron chi connectivity index (χ0n) is 9.54. The predicted molar refractivity (Wildman–Crippen MR) is 66.7 cm³/mol. The first-order chi connectivity index (χ1) is 8.34.